The Morgan fingerprint density at radius 2 is 2.35 bits per heavy atom. The molecule has 1 saturated carbocycles. The molecule has 20 heavy (non-hydrogen) atoms. The van der Waals surface area contributed by atoms with Gasteiger partial charge in [-0.2, -0.15) is 0 Å². The Morgan fingerprint density at radius 1 is 1.55 bits per heavy atom. The Morgan fingerprint density at radius 3 is 3.05 bits per heavy atom. The molecule has 0 saturated heterocycles. The number of aryl methyl sites for hydroxylation is 1. The number of nitrogens with one attached hydrogen (secondary N) is 2. The van der Waals surface area contributed by atoms with Crippen LogP contribution < -0.4 is 10.1 Å². The van der Waals surface area contributed by atoms with E-state index in [0.717, 1.165) is 29.6 Å². The Bertz CT molecular complexity index is 700. The zero-order valence-electron chi connectivity index (χ0n) is 11.3. The van der Waals surface area contributed by atoms with E-state index in [1.54, 1.807) is 7.11 Å². The van der Waals surface area contributed by atoms with Crippen LogP contribution in [0.15, 0.2) is 18.2 Å². The van der Waals surface area contributed by atoms with Crippen molar-refractivity contribution in [3.05, 3.63) is 23.0 Å². The smallest absolute Gasteiger partial charge is 0.222 e. The molecule has 1 aliphatic carbocycles. The lowest BCUT2D eigenvalue weighted by atomic mass is 10.3. The number of carbonyl (C=O) groups is 1. The molecule has 0 bridgehead atoms. The van der Waals surface area contributed by atoms with Crippen LogP contribution in [0.4, 0.5) is 0 Å². The van der Waals surface area contributed by atoms with Gasteiger partial charge in [0.15, 0.2) is 4.77 Å². The summed E-state index contributed by atoms with van der Waals surface area (Å²) in [4.78, 5) is 14.9. The summed E-state index contributed by atoms with van der Waals surface area (Å²) in [5.74, 6) is 0.870. The molecule has 1 amide bonds. The largest absolute Gasteiger partial charge is 0.497 e. The molecule has 1 aromatic heterocycles. The summed E-state index contributed by atoms with van der Waals surface area (Å²) in [5.41, 5.74) is 1.92. The number of benzene rings is 1. The summed E-state index contributed by atoms with van der Waals surface area (Å²) >= 11 is 5.32. The predicted molar refractivity (Wildman–Crippen MR) is 79.5 cm³/mol. The van der Waals surface area contributed by atoms with Gasteiger partial charge in [-0.1, -0.05) is 0 Å². The quantitative estimate of drug-likeness (QED) is 0.832. The molecule has 2 N–H and O–H groups in total. The lowest BCUT2D eigenvalue weighted by molar-refractivity contribution is -0.121. The van der Waals surface area contributed by atoms with E-state index in [1.165, 1.54) is 0 Å². The molecule has 6 heteroatoms. The zero-order valence-corrected chi connectivity index (χ0v) is 12.1. The Labute approximate surface area is 121 Å². The topological polar surface area (TPSA) is 59.0 Å². The fourth-order valence-electron chi connectivity index (χ4n) is 2.22. The molecule has 0 spiro atoms. The van der Waals surface area contributed by atoms with Crippen molar-refractivity contribution >= 4 is 29.2 Å². The molecule has 1 fully saturated rings. The number of methoxy groups -OCH3 is 1. The third-order valence-electron chi connectivity index (χ3n) is 3.49. The summed E-state index contributed by atoms with van der Waals surface area (Å²) in [6.45, 7) is 0.574. The summed E-state index contributed by atoms with van der Waals surface area (Å²) in [7, 11) is 1.63. The number of rotatable bonds is 5. The van der Waals surface area contributed by atoms with Crippen LogP contribution in [0.3, 0.4) is 0 Å². The van der Waals surface area contributed by atoms with Gasteiger partial charge < -0.3 is 19.6 Å². The molecule has 1 aliphatic rings. The van der Waals surface area contributed by atoms with Crippen molar-refractivity contribution in [3.8, 4) is 5.75 Å². The van der Waals surface area contributed by atoms with Gasteiger partial charge in [-0.15, -0.1) is 0 Å². The average Bonchev–Trinajstić information content (AvgIpc) is 3.18. The highest BCUT2D eigenvalue weighted by Gasteiger charge is 2.23. The van der Waals surface area contributed by atoms with E-state index < -0.39 is 0 Å². The summed E-state index contributed by atoms with van der Waals surface area (Å²) in [6, 6.07) is 6.15. The maximum atomic E-state index is 11.8. The van der Waals surface area contributed by atoms with Crippen molar-refractivity contribution < 1.29 is 9.53 Å². The Hall–Kier alpha value is -1.82. The van der Waals surface area contributed by atoms with E-state index in [-0.39, 0.29) is 5.91 Å². The van der Waals surface area contributed by atoms with Crippen LogP contribution >= 0.6 is 12.2 Å². The van der Waals surface area contributed by atoms with Gasteiger partial charge >= 0.3 is 0 Å². The van der Waals surface area contributed by atoms with Crippen molar-refractivity contribution in [1.29, 1.82) is 0 Å². The fraction of sp³-hybridized carbons (Fsp3) is 0.429. The first kappa shape index (κ1) is 13.2. The summed E-state index contributed by atoms with van der Waals surface area (Å²) in [5, 5.41) is 2.99. The number of amides is 1. The Kier molecular flexibility index (Phi) is 3.48. The number of nitrogens with zero attached hydrogens (tertiary/aromatic N) is 1. The minimum absolute atomic E-state index is 0.0895. The number of aromatic nitrogens is 2. The van der Waals surface area contributed by atoms with Crippen LogP contribution in [0.1, 0.15) is 19.3 Å². The van der Waals surface area contributed by atoms with Gasteiger partial charge in [-0.25, -0.2) is 0 Å². The van der Waals surface area contributed by atoms with Gasteiger partial charge in [-0.3, -0.25) is 4.79 Å². The molecule has 0 atom stereocenters. The maximum Gasteiger partial charge on any atom is 0.222 e. The minimum Gasteiger partial charge on any atom is -0.497 e. The minimum atomic E-state index is 0.0895. The molecule has 1 aromatic carbocycles. The molecule has 0 aliphatic heterocycles. The van der Waals surface area contributed by atoms with E-state index in [1.807, 2.05) is 22.8 Å². The molecule has 5 nitrogen and oxygen atoms in total. The van der Waals surface area contributed by atoms with E-state index >= 15 is 0 Å². The number of carbonyl (C=O) groups excluding carboxylic acids is 1. The third kappa shape index (κ3) is 2.70. The first-order chi connectivity index (χ1) is 9.67. The number of imidazole rings is 1. The van der Waals surface area contributed by atoms with Gasteiger partial charge in [0, 0.05) is 25.1 Å². The zero-order chi connectivity index (χ0) is 14.1. The lowest BCUT2D eigenvalue weighted by Crippen LogP contribution is -2.26. The van der Waals surface area contributed by atoms with Crippen molar-refractivity contribution in [2.45, 2.75) is 31.8 Å². The summed E-state index contributed by atoms with van der Waals surface area (Å²) in [6.07, 6.45) is 2.65. The van der Waals surface area contributed by atoms with E-state index in [4.69, 9.17) is 17.0 Å². The first-order valence-electron chi connectivity index (χ1n) is 6.73. The molecular formula is C14H17N3O2S. The average molecular weight is 291 g/mol. The SMILES string of the molecule is COc1ccc2[nH]c(=S)n(CCC(=O)NC3CC3)c2c1. The normalized spacial score (nSPS) is 14.4. The van der Waals surface area contributed by atoms with E-state index in [9.17, 15) is 4.79 Å². The highest BCUT2D eigenvalue weighted by atomic mass is 32.1. The van der Waals surface area contributed by atoms with Gasteiger partial charge in [0.25, 0.3) is 0 Å². The number of ether oxygens (including phenoxy) is 1. The molecule has 0 radical (unpaired) electrons. The highest BCUT2D eigenvalue weighted by Crippen LogP contribution is 2.21. The number of fused-ring (bicyclic) bond motifs is 1. The van der Waals surface area contributed by atoms with Crippen LogP contribution in [-0.4, -0.2) is 28.6 Å². The maximum absolute atomic E-state index is 11.8. The molecule has 1 heterocycles. The van der Waals surface area contributed by atoms with Crippen molar-refractivity contribution in [1.82, 2.24) is 14.9 Å². The predicted octanol–water partition coefficient (Wildman–Crippen LogP) is 2.38. The van der Waals surface area contributed by atoms with Crippen LogP contribution in [-0.2, 0) is 11.3 Å². The second-order valence-electron chi connectivity index (χ2n) is 5.06. The second-order valence-corrected chi connectivity index (χ2v) is 5.44. The fourth-order valence-corrected chi connectivity index (χ4v) is 2.52. The standard InChI is InChI=1S/C14H17N3O2S/c1-19-10-4-5-11-12(8-10)17(14(20)16-11)7-6-13(18)15-9-2-3-9/h4-5,8-9H,2-3,6-7H2,1H3,(H,15,18)(H,16,20). The first-order valence-corrected chi connectivity index (χ1v) is 7.14. The van der Waals surface area contributed by atoms with Gasteiger partial charge in [-0.05, 0) is 37.2 Å². The van der Waals surface area contributed by atoms with E-state index in [2.05, 4.69) is 10.3 Å². The van der Waals surface area contributed by atoms with Crippen molar-refractivity contribution in [3.63, 3.8) is 0 Å². The third-order valence-corrected chi connectivity index (χ3v) is 3.81. The van der Waals surface area contributed by atoms with Crippen LogP contribution in [0, 0.1) is 4.77 Å². The van der Waals surface area contributed by atoms with Gasteiger partial charge in [0.2, 0.25) is 5.91 Å². The lowest BCUT2D eigenvalue weighted by Gasteiger charge is -2.06. The number of H-pyrrole nitrogens is 1. The van der Waals surface area contributed by atoms with Crippen LogP contribution in [0.2, 0.25) is 0 Å². The van der Waals surface area contributed by atoms with E-state index in [0.29, 0.717) is 23.8 Å². The van der Waals surface area contributed by atoms with Crippen LogP contribution in [0.25, 0.3) is 11.0 Å². The highest BCUT2D eigenvalue weighted by molar-refractivity contribution is 7.71. The van der Waals surface area contributed by atoms with Crippen molar-refractivity contribution in [2.75, 3.05) is 7.11 Å². The number of hydrogen-bond donors (Lipinski definition) is 2. The molecular weight excluding hydrogens is 274 g/mol. The van der Waals surface area contributed by atoms with Gasteiger partial charge in [0.1, 0.15) is 5.75 Å². The number of hydrogen-bond acceptors (Lipinski definition) is 3. The van der Waals surface area contributed by atoms with Gasteiger partial charge in [0.05, 0.1) is 18.1 Å². The number of aromatic amines is 1. The molecule has 106 valence electrons. The van der Waals surface area contributed by atoms with Crippen LogP contribution in [0.5, 0.6) is 5.75 Å². The monoisotopic (exact) mass is 291 g/mol. The summed E-state index contributed by atoms with van der Waals surface area (Å²) < 4.78 is 7.81. The Balaban J connectivity index is 1.80. The molecule has 3 rings (SSSR count). The molecule has 0 unspecified atom stereocenters. The molecule has 2 aromatic rings. The van der Waals surface area contributed by atoms with Crippen molar-refractivity contribution in [2.24, 2.45) is 0 Å². The second kappa shape index (κ2) is 5.28.